The van der Waals surface area contributed by atoms with Crippen LogP contribution < -0.4 is 0 Å². The van der Waals surface area contributed by atoms with E-state index in [1.54, 1.807) is 13.8 Å². The molecule has 1 aliphatic heterocycles. The van der Waals surface area contributed by atoms with Gasteiger partial charge in [-0.25, -0.2) is 0 Å². The molecule has 0 amide bonds. The largest absolute Gasteiger partial charge is 0.465 e. The van der Waals surface area contributed by atoms with Gasteiger partial charge in [0.15, 0.2) is 0 Å². The summed E-state index contributed by atoms with van der Waals surface area (Å²) in [7, 11) is 0. The topological polar surface area (TPSA) is 74.9 Å². The predicted molar refractivity (Wildman–Crippen MR) is 170 cm³/mol. The molecule has 5 heteroatoms. The van der Waals surface area contributed by atoms with Crippen LogP contribution >= 0.6 is 0 Å². The zero-order chi connectivity index (χ0) is 29.7. The van der Waals surface area contributed by atoms with E-state index in [4.69, 9.17) is 9.47 Å². The van der Waals surface area contributed by atoms with Crippen molar-refractivity contribution in [3.05, 3.63) is 59.8 Å². The number of H-pyrrole nitrogens is 1. The van der Waals surface area contributed by atoms with E-state index < -0.39 is 5.60 Å². The Balaban J connectivity index is 1.35. The summed E-state index contributed by atoms with van der Waals surface area (Å²) >= 11 is 0. The highest BCUT2D eigenvalue weighted by Gasteiger charge is 2.47. The summed E-state index contributed by atoms with van der Waals surface area (Å²) < 4.78 is 11.5. The number of hydrogen-bond acceptors (Lipinski definition) is 4. The quantitative estimate of drug-likeness (QED) is 0.0726. The maximum absolute atomic E-state index is 12.5. The highest BCUT2D eigenvalue weighted by atomic mass is 16.6. The third kappa shape index (κ3) is 11.4. The molecular formula is C36H55NO4. The number of carbonyl (C=O) groups excluding carboxylic acids is 1. The fourth-order valence-corrected chi connectivity index (χ4v) is 5.44. The number of aliphatic hydroxyl groups is 1. The van der Waals surface area contributed by atoms with Crippen molar-refractivity contribution in [1.82, 2.24) is 4.98 Å². The van der Waals surface area contributed by atoms with Gasteiger partial charge in [0.25, 0.3) is 0 Å². The first-order chi connectivity index (χ1) is 19.6. The average molecular weight is 566 g/mol. The van der Waals surface area contributed by atoms with E-state index in [9.17, 15) is 9.90 Å². The van der Waals surface area contributed by atoms with Crippen LogP contribution in [0.15, 0.2) is 48.7 Å². The standard InChI is InChI=1S/C36H55NO4/c1-6-7-8-9-10-11-12-13-14-15-16-17-18-19-20-21-34(38)40-27-31(35(2,3)39)30-26-37-32-23-22-28(24-29(30)32)25-33-36(4,5)41-33/h10-11,13-14,22-24,26,31,33,37,39H,6-9,12,15-21,25,27H2,1-5H3/b11-10+,14-13+/t31-,33+/m1/s1. The van der Waals surface area contributed by atoms with Gasteiger partial charge in [-0.15, -0.1) is 0 Å². The second-order valence-corrected chi connectivity index (χ2v) is 12.9. The van der Waals surface area contributed by atoms with Gasteiger partial charge in [-0.1, -0.05) is 69.4 Å². The van der Waals surface area contributed by atoms with Crippen LogP contribution in [0.1, 0.15) is 129 Å². The van der Waals surface area contributed by atoms with Gasteiger partial charge in [-0.05, 0) is 89.5 Å². The third-order valence-corrected chi connectivity index (χ3v) is 8.33. The van der Waals surface area contributed by atoms with Gasteiger partial charge < -0.3 is 19.6 Å². The molecule has 0 aliphatic carbocycles. The zero-order valence-electron chi connectivity index (χ0n) is 26.3. The molecule has 3 rings (SSSR count). The molecule has 1 aliphatic rings. The number of hydrogen-bond donors (Lipinski definition) is 2. The van der Waals surface area contributed by atoms with Crippen molar-refractivity contribution in [3.63, 3.8) is 0 Å². The van der Waals surface area contributed by atoms with Crippen LogP contribution in [0.25, 0.3) is 10.9 Å². The molecule has 1 aromatic carbocycles. The summed E-state index contributed by atoms with van der Waals surface area (Å²) in [6, 6.07) is 6.40. The number of rotatable bonds is 20. The number of unbranched alkanes of at least 4 members (excludes halogenated alkanes) is 8. The van der Waals surface area contributed by atoms with Crippen LogP contribution in [0, 0.1) is 0 Å². The van der Waals surface area contributed by atoms with Crippen molar-refractivity contribution in [2.24, 2.45) is 0 Å². The second kappa shape index (κ2) is 16.3. The molecule has 1 aromatic heterocycles. The molecule has 0 saturated carbocycles. The van der Waals surface area contributed by atoms with E-state index in [0.717, 1.165) is 55.0 Å². The number of esters is 1. The minimum atomic E-state index is -1.04. The summed E-state index contributed by atoms with van der Waals surface area (Å²) in [6.45, 7) is 10.2. The lowest BCUT2D eigenvalue weighted by Crippen LogP contribution is -2.33. The Labute approximate surface area is 248 Å². The number of nitrogens with one attached hydrogen (secondary N) is 1. The first-order valence-corrected chi connectivity index (χ1v) is 16.1. The van der Waals surface area contributed by atoms with E-state index in [2.05, 4.69) is 68.3 Å². The van der Waals surface area contributed by atoms with E-state index in [-0.39, 0.29) is 30.2 Å². The molecule has 1 saturated heterocycles. The summed E-state index contributed by atoms with van der Waals surface area (Å²) in [4.78, 5) is 15.9. The van der Waals surface area contributed by atoms with Gasteiger partial charge in [-0.3, -0.25) is 4.79 Å². The number of aromatic nitrogens is 1. The fourth-order valence-electron chi connectivity index (χ4n) is 5.44. The number of allylic oxidation sites excluding steroid dienone is 4. The van der Waals surface area contributed by atoms with Crippen LogP contribution in [0.2, 0.25) is 0 Å². The monoisotopic (exact) mass is 565 g/mol. The van der Waals surface area contributed by atoms with E-state index in [1.807, 2.05) is 6.20 Å². The second-order valence-electron chi connectivity index (χ2n) is 12.9. The van der Waals surface area contributed by atoms with Gasteiger partial charge in [0, 0.05) is 35.9 Å². The molecule has 1 fully saturated rings. The fraction of sp³-hybridized carbons (Fsp3) is 0.639. The number of ether oxygens (including phenoxy) is 2. The number of epoxide rings is 1. The van der Waals surface area contributed by atoms with Crippen LogP contribution in [-0.2, 0) is 20.7 Å². The highest BCUT2D eigenvalue weighted by Crippen LogP contribution is 2.39. The predicted octanol–water partition coefficient (Wildman–Crippen LogP) is 9.10. The molecule has 41 heavy (non-hydrogen) atoms. The normalized spacial score (nSPS) is 17.6. The smallest absolute Gasteiger partial charge is 0.305 e. The summed E-state index contributed by atoms with van der Waals surface area (Å²) in [5, 5.41) is 12.1. The number of aromatic amines is 1. The molecule has 5 nitrogen and oxygen atoms in total. The van der Waals surface area contributed by atoms with Gasteiger partial charge in [0.05, 0.1) is 17.3 Å². The molecule has 2 atom stereocenters. The molecule has 0 spiro atoms. The molecular weight excluding hydrogens is 510 g/mol. The lowest BCUT2D eigenvalue weighted by atomic mass is 9.85. The van der Waals surface area contributed by atoms with Crippen molar-refractivity contribution in [2.45, 2.75) is 141 Å². The Bertz CT molecular complexity index is 1120. The Morgan fingerprint density at radius 3 is 2.37 bits per heavy atom. The average Bonchev–Trinajstić information content (AvgIpc) is 3.31. The maximum Gasteiger partial charge on any atom is 0.305 e. The van der Waals surface area contributed by atoms with Crippen molar-refractivity contribution in [1.29, 1.82) is 0 Å². The molecule has 0 unspecified atom stereocenters. The number of fused-ring (bicyclic) bond motifs is 1. The van der Waals surface area contributed by atoms with Gasteiger partial charge >= 0.3 is 5.97 Å². The Morgan fingerprint density at radius 2 is 1.71 bits per heavy atom. The molecule has 2 N–H and O–H groups in total. The lowest BCUT2D eigenvalue weighted by molar-refractivity contribution is -0.145. The minimum Gasteiger partial charge on any atom is -0.465 e. The Kier molecular flexibility index (Phi) is 13.2. The van der Waals surface area contributed by atoms with Crippen LogP contribution in [0.3, 0.4) is 0 Å². The van der Waals surface area contributed by atoms with E-state index >= 15 is 0 Å². The van der Waals surface area contributed by atoms with Crippen LogP contribution in [0.5, 0.6) is 0 Å². The first kappa shape index (κ1) is 33.1. The van der Waals surface area contributed by atoms with Crippen molar-refractivity contribution in [2.75, 3.05) is 6.61 Å². The minimum absolute atomic E-state index is 0.0538. The molecule has 2 aromatic rings. The molecule has 0 bridgehead atoms. The van der Waals surface area contributed by atoms with Crippen LogP contribution in [-0.4, -0.2) is 40.0 Å². The van der Waals surface area contributed by atoms with Crippen molar-refractivity contribution >= 4 is 16.9 Å². The SMILES string of the molecule is CCCCC/C=C/C/C=C/CCCCCCCC(=O)OC[C@H](c1c[nH]c2ccc(C[C@@H]3OC3(C)C)cc12)C(C)(C)O. The maximum atomic E-state index is 12.5. The number of benzene rings is 1. The number of carbonyl (C=O) groups is 1. The molecule has 228 valence electrons. The van der Waals surface area contributed by atoms with Crippen LogP contribution in [0.4, 0.5) is 0 Å². The van der Waals surface area contributed by atoms with Crippen molar-refractivity contribution in [3.8, 4) is 0 Å². The van der Waals surface area contributed by atoms with Gasteiger partial charge in [0.2, 0.25) is 0 Å². The lowest BCUT2D eigenvalue weighted by Gasteiger charge is -2.29. The highest BCUT2D eigenvalue weighted by molar-refractivity contribution is 5.84. The Hall–Kier alpha value is -2.37. The Morgan fingerprint density at radius 1 is 1.05 bits per heavy atom. The molecule has 2 heterocycles. The summed E-state index contributed by atoms with van der Waals surface area (Å²) in [5.74, 6) is -0.507. The summed E-state index contributed by atoms with van der Waals surface area (Å²) in [5.41, 5.74) is 2.12. The summed E-state index contributed by atoms with van der Waals surface area (Å²) in [6.07, 6.45) is 25.3. The third-order valence-electron chi connectivity index (χ3n) is 8.33. The molecule has 0 radical (unpaired) electrons. The van der Waals surface area contributed by atoms with Gasteiger partial charge in [-0.2, -0.15) is 0 Å². The van der Waals surface area contributed by atoms with E-state index in [0.29, 0.717) is 6.42 Å². The zero-order valence-corrected chi connectivity index (χ0v) is 26.3. The van der Waals surface area contributed by atoms with Crippen molar-refractivity contribution < 1.29 is 19.4 Å². The van der Waals surface area contributed by atoms with E-state index in [1.165, 1.54) is 44.1 Å². The first-order valence-electron chi connectivity index (χ1n) is 16.1. The van der Waals surface area contributed by atoms with Gasteiger partial charge in [0.1, 0.15) is 6.61 Å².